The van der Waals surface area contributed by atoms with Gasteiger partial charge in [0.05, 0.1) is 0 Å². The lowest BCUT2D eigenvalue weighted by Gasteiger charge is -2.21. The van der Waals surface area contributed by atoms with E-state index in [-0.39, 0.29) is 6.03 Å². The van der Waals surface area contributed by atoms with Crippen LogP contribution in [-0.2, 0) is 12.8 Å². The molecule has 0 heterocycles. The fourth-order valence-corrected chi connectivity index (χ4v) is 2.10. The summed E-state index contributed by atoms with van der Waals surface area (Å²) in [6, 6.07) is 6.22. The number of hydrogen-bond donors (Lipinski definition) is 1. The van der Waals surface area contributed by atoms with Gasteiger partial charge in [-0.25, -0.2) is 4.79 Å². The largest absolute Gasteiger partial charge is 0.325 e. The molecule has 0 saturated carbocycles. The van der Waals surface area contributed by atoms with Crippen molar-refractivity contribution in [2.45, 2.75) is 40.5 Å². The summed E-state index contributed by atoms with van der Waals surface area (Å²) in [5.41, 5.74) is 3.41. The minimum atomic E-state index is -0.00407. The van der Waals surface area contributed by atoms with Gasteiger partial charge in [-0.2, -0.15) is 0 Å². The molecule has 100 valence electrons. The Kier molecular flexibility index (Phi) is 5.69. The standard InChI is InChI=1S/C15H24N2O/c1-5-12-10-9-11-13(6-2)14(12)16-15(18)17(7-3)8-4/h9-11H,5-8H2,1-4H3,(H,16,18). The van der Waals surface area contributed by atoms with E-state index in [1.165, 1.54) is 11.1 Å². The number of nitrogens with zero attached hydrogens (tertiary/aromatic N) is 1. The van der Waals surface area contributed by atoms with Crippen LogP contribution in [0.2, 0.25) is 0 Å². The van der Waals surface area contributed by atoms with Crippen LogP contribution in [0.15, 0.2) is 18.2 Å². The quantitative estimate of drug-likeness (QED) is 0.847. The maximum Gasteiger partial charge on any atom is 0.321 e. The molecule has 0 bridgehead atoms. The topological polar surface area (TPSA) is 32.3 Å². The van der Waals surface area contributed by atoms with Crippen LogP contribution in [0.25, 0.3) is 0 Å². The van der Waals surface area contributed by atoms with E-state index in [0.29, 0.717) is 0 Å². The number of carbonyl (C=O) groups excluding carboxylic acids is 1. The van der Waals surface area contributed by atoms with E-state index in [4.69, 9.17) is 0 Å². The Bertz CT molecular complexity index is 375. The second-order valence-electron chi connectivity index (χ2n) is 4.26. The monoisotopic (exact) mass is 248 g/mol. The summed E-state index contributed by atoms with van der Waals surface area (Å²) in [6.45, 7) is 9.69. The van der Waals surface area contributed by atoms with Crippen LogP contribution in [-0.4, -0.2) is 24.0 Å². The zero-order chi connectivity index (χ0) is 13.5. The highest BCUT2D eigenvalue weighted by atomic mass is 16.2. The van der Waals surface area contributed by atoms with Crippen molar-refractivity contribution in [3.05, 3.63) is 29.3 Å². The second-order valence-corrected chi connectivity index (χ2v) is 4.26. The summed E-state index contributed by atoms with van der Waals surface area (Å²) in [6.07, 6.45) is 1.86. The number of urea groups is 1. The molecule has 18 heavy (non-hydrogen) atoms. The van der Waals surface area contributed by atoms with E-state index in [1.54, 1.807) is 4.90 Å². The van der Waals surface area contributed by atoms with E-state index in [2.05, 4.69) is 37.4 Å². The molecule has 0 aliphatic carbocycles. The zero-order valence-electron chi connectivity index (χ0n) is 11.9. The van der Waals surface area contributed by atoms with Gasteiger partial charge in [0.1, 0.15) is 0 Å². The molecule has 1 N–H and O–H groups in total. The summed E-state index contributed by atoms with van der Waals surface area (Å²) in [5.74, 6) is 0. The molecule has 1 rings (SSSR count). The molecule has 0 atom stereocenters. The predicted molar refractivity (Wildman–Crippen MR) is 77.1 cm³/mol. The van der Waals surface area contributed by atoms with Crippen LogP contribution in [0, 0.1) is 0 Å². The molecule has 0 aliphatic heterocycles. The first-order valence-corrected chi connectivity index (χ1v) is 6.84. The Morgan fingerprint density at radius 3 is 1.94 bits per heavy atom. The Hall–Kier alpha value is -1.51. The Labute approximate surface area is 110 Å². The first-order valence-electron chi connectivity index (χ1n) is 6.84. The first kappa shape index (κ1) is 14.6. The highest BCUT2D eigenvalue weighted by Gasteiger charge is 2.13. The molecule has 0 unspecified atom stereocenters. The normalized spacial score (nSPS) is 10.2. The van der Waals surface area contributed by atoms with Crippen molar-refractivity contribution in [3.8, 4) is 0 Å². The number of anilines is 1. The zero-order valence-corrected chi connectivity index (χ0v) is 11.9. The number of hydrogen-bond acceptors (Lipinski definition) is 1. The van der Waals surface area contributed by atoms with Gasteiger partial charge in [0.15, 0.2) is 0 Å². The predicted octanol–water partition coefficient (Wildman–Crippen LogP) is 3.69. The van der Waals surface area contributed by atoms with Crippen molar-refractivity contribution in [3.63, 3.8) is 0 Å². The molecule has 0 fully saturated rings. The third kappa shape index (κ3) is 3.25. The summed E-state index contributed by atoms with van der Waals surface area (Å²) in [7, 11) is 0. The molecule has 0 aliphatic rings. The first-order chi connectivity index (χ1) is 8.67. The number of benzene rings is 1. The van der Waals surface area contributed by atoms with Crippen molar-refractivity contribution in [2.24, 2.45) is 0 Å². The average molecular weight is 248 g/mol. The van der Waals surface area contributed by atoms with Crippen molar-refractivity contribution >= 4 is 11.7 Å². The lowest BCUT2D eigenvalue weighted by Crippen LogP contribution is -2.35. The van der Waals surface area contributed by atoms with E-state index in [9.17, 15) is 4.79 Å². The van der Waals surface area contributed by atoms with Crippen molar-refractivity contribution in [2.75, 3.05) is 18.4 Å². The van der Waals surface area contributed by atoms with E-state index in [1.807, 2.05) is 13.8 Å². The molecule has 0 radical (unpaired) electrons. The van der Waals surface area contributed by atoms with Gasteiger partial charge in [0.2, 0.25) is 0 Å². The number of carbonyl (C=O) groups is 1. The molecular weight excluding hydrogens is 224 g/mol. The fraction of sp³-hybridized carbons (Fsp3) is 0.533. The van der Waals surface area contributed by atoms with Crippen LogP contribution >= 0.6 is 0 Å². The molecule has 2 amide bonds. The molecule has 0 saturated heterocycles. The van der Waals surface area contributed by atoms with Crippen molar-refractivity contribution < 1.29 is 4.79 Å². The number of rotatable bonds is 5. The van der Waals surface area contributed by atoms with Gasteiger partial charge in [-0.3, -0.25) is 0 Å². The minimum absolute atomic E-state index is 0.00407. The van der Waals surface area contributed by atoms with Crippen molar-refractivity contribution in [1.29, 1.82) is 0 Å². The van der Waals surface area contributed by atoms with Gasteiger partial charge in [-0.1, -0.05) is 32.0 Å². The van der Waals surface area contributed by atoms with E-state index >= 15 is 0 Å². The van der Waals surface area contributed by atoms with Gasteiger partial charge < -0.3 is 10.2 Å². The van der Waals surface area contributed by atoms with Crippen molar-refractivity contribution in [1.82, 2.24) is 4.90 Å². The molecular formula is C15H24N2O. The van der Waals surface area contributed by atoms with E-state index in [0.717, 1.165) is 31.6 Å². The lowest BCUT2D eigenvalue weighted by molar-refractivity contribution is 0.217. The third-order valence-corrected chi connectivity index (χ3v) is 3.28. The molecule has 0 spiro atoms. The summed E-state index contributed by atoms with van der Waals surface area (Å²) >= 11 is 0. The van der Waals surface area contributed by atoms with Gasteiger partial charge >= 0.3 is 6.03 Å². The Balaban J connectivity index is 2.98. The second kappa shape index (κ2) is 7.04. The number of aryl methyl sites for hydroxylation is 2. The average Bonchev–Trinajstić information content (AvgIpc) is 2.40. The summed E-state index contributed by atoms with van der Waals surface area (Å²) in [5, 5.41) is 3.07. The maximum absolute atomic E-state index is 12.1. The van der Waals surface area contributed by atoms with Crippen LogP contribution in [0.5, 0.6) is 0 Å². The van der Waals surface area contributed by atoms with Crippen LogP contribution in [0.4, 0.5) is 10.5 Å². The smallest absolute Gasteiger partial charge is 0.321 e. The van der Waals surface area contributed by atoms with Gasteiger partial charge in [-0.15, -0.1) is 0 Å². The molecule has 1 aromatic rings. The van der Waals surface area contributed by atoms with Crippen LogP contribution in [0.1, 0.15) is 38.8 Å². The molecule has 3 nitrogen and oxygen atoms in total. The number of para-hydroxylation sites is 1. The number of amides is 2. The minimum Gasteiger partial charge on any atom is -0.325 e. The van der Waals surface area contributed by atoms with Crippen LogP contribution in [0.3, 0.4) is 0 Å². The lowest BCUT2D eigenvalue weighted by atomic mass is 10.0. The van der Waals surface area contributed by atoms with Crippen LogP contribution < -0.4 is 5.32 Å². The van der Waals surface area contributed by atoms with Gasteiger partial charge in [0.25, 0.3) is 0 Å². The maximum atomic E-state index is 12.1. The fourth-order valence-electron chi connectivity index (χ4n) is 2.10. The van der Waals surface area contributed by atoms with Gasteiger partial charge in [-0.05, 0) is 37.8 Å². The Morgan fingerprint density at radius 2 is 1.56 bits per heavy atom. The molecule has 0 aromatic heterocycles. The Morgan fingerprint density at radius 1 is 1.06 bits per heavy atom. The van der Waals surface area contributed by atoms with Gasteiger partial charge in [0, 0.05) is 18.8 Å². The molecule has 3 heteroatoms. The molecule has 1 aromatic carbocycles. The third-order valence-electron chi connectivity index (χ3n) is 3.28. The highest BCUT2D eigenvalue weighted by Crippen LogP contribution is 2.22. The SMILES string of the molecule is CCc1cccc(CC)c1NC(=O)N(CC)CC. The summed E-state index contributed by atoms with van der Waals surface area (Å²) < 4.78 is 0. The van der Waals surface area contributed by atoms with E-state index < -0.39 is 0 Å². The number of nitrogens with one attached hydrogen (secondary N) is 1. The summed E-state index contributed by atoms with van der Waals surface area (Å²) in [4.78, 5) is 13.9. The highest BCUT2D eigenvalue weighted by molar-refractivity contribution is 5.91.